The van der Waals surface area contributed by atoms with E-state index in [1.165, 1.54) is 0 Å². The van der Waals surface area contributed by atoms with E-state index in [4.69, 9.17) is 0 Å². The average molecular weight is 573 g/mol. The Hall–Kier alpha value is -2.36. The van der Waals surface area contributed by atoms with E-state index < -0.39 is 28.7 Å². The van der Waals surface area contributed by atoms with Crippen LogP contribution in [0.1, 0.15) is 25.3 Å². The summed E-state index contributed by atoms with van der Waals surface area (Å²) in [7, 11) is 0. The van der Waals surface area contributed by atoms with Crippen LogP contribution in [0.3, 0.4) is 0 Å². The lowest BCUT2D eigenvalue weighted by atomic mass is 9.70. The number of nitrogens with zero attached hydrogens (tertiary/aromatic N) is 1. The molecule has 0 saturated carbocycles. The second kappa shape index (κ2) is 10.2. The largest absolute Gasteiger partial charge is 0.394 e. The zero-order valence-corrected chi connectivity index (χ0v) is 22.4. The number of anilines is 1. The molecule has 1 spiro atoms. The van der Waals surface area contributed by atoms with Gasteiger partial charge in [0.15, 0.2) is 0 Å². The van der Waals surface area contributed by atoms with Crippen molar-refractivity contribution in [3.8, 4) is 0 Å². The van der Waals surface area contributed by atoms with Crippen molar-refractivity contribution in [3.05, 3.63) is 66.2 Å². The van der Waals surface area contributed by atoms with E-state index in [2.05, 4.69) is 26.6 Å². The number of rotatable bonds is 8. The fourth-order valence-corrected chi connectivity index (χ4v) is 9.70. The predicted molar refractivity (Wildman–Crippen MR) is 144 cm³/mol. The van der Waals surface area contributed by atoms with E-state index in [0.29, 0.717) is 25.1 Å². The number of amides is 3. The van der Waals surface area contributed by atoms with Crippen molar-refractivity contribution in [1.29, 1.82) is 0 Å². The highest BCUT2D eigenvalue weighted by molar-refractivity contribution is 9.09. The first-order valence-electron chi connectivity index (χ1n) is 12.3. The zero-order chi connectivity index (χ0) is 25.4. The van der Waals surface area contributed by atoms with E-state index in [9.17, 15) is 19.5 Å². The van der Waals surface area contributed by atoms with Crippen LogP contribution in [-0.4, -0.2) is 61.2 Å². The second-order valence-electron chi connectivity index (χ2n) is 9.71. The third-order valence-electron chi connectivity index (χ3n) is 7.70. The van der Waals surface area contributed by atoms with Crippen LogP contribution < -0.4 is 10.6 Å². The van der Waals surface area contributed by atoms with Crippen molar-refractivity contribution in [2.75, 3.05) is 11.9 Å². The van der Waals surface area contributed by atoms with Gasteiger partial charge in [0.1, 0.15) is 6.04 Å². The number of alkyl halides is 1. The number of aliphatic hydroxyl groups excluding tert-OH is 1. The summed E-state index contributed by atoms with van der Waals surface area (Å²) in [6, 6.07) is 17.6. The van der Waals surface area contributed by atoms with Gasteiger partial charge in [-0.2, -0.15) is 0 Å². The van der Waals surface area contributed by atoms with Crippen molar-refractivity contribution in [2.24, 2.45) is 11.8 Å². The number of carbonyl (C=O) groups is 3. The smallest absolute Gasteiger partial charge is 0.244 e. The van der Waals surface area contributed by atoms with Gasteiger partial charge in [-0.05, 0) is 30.5 Å². The summed E-state index contributed by atoms with van der Waals surface area (Å²) in [6.45, 7) is 2.01. The first-order chi connectivity index (χ1) is 17.4. The predicted octanol–water partition coefficient (Wildman–Crippen LogP) is 3.18. The van der Waals surface area contributed by atoms with Crippen molar-refractivity contribution in [1.82, 2.24) is 10.2 Å². The highest BCUT2D eigenvalue weighted by Gasteiger charge is 2.76. The quantitative estimate of drug-likeness (QED) is 0.423. The highest BCUT2D eigenvalue weighted by atomic mass is 79.9. The van der Waals surface area contributed by atoms with Crippen LogP contribution in [0.4, 0.5) is 5.69 Å². The van der Waals surface area contributed by atoms with Crippen LogP contribution in [-0.2, 0) is 20.9 Å². The van der Waals surface area contributed by atoms with E-state index in [1.807, 2.05) is 67.6 Å². The molecule has 7 nitrogen and oxygen atoms in total. The molecule has 5 rings (SSSR count). The van der Waals surface area contributed by atoms with Gasteiger partial charge in [-0.25, -0.2) is 0 Å². The van der Waals surface area contributed by atoms with Crippen LogP contribution in [0, 0.1) is 11.8 Å². The fraction of sp³-hybridized carbons (Fsp3) is 0.444. The number of likely N-dealkylation sites (tertiary alicyclic amines) is 1. The van der Waals surface area contributed by atoms with Crippen LogP contribution in [0.15, 0.2) is 60.7 Å². The molecule has 3 aliphatic heterocycles. The minimum Gasteiger partial charge on any atom is -0.394 e. The molecule has 3 aliphatic rings. The first kappa shape index (κ1) is 25.3. The van der Waals surface area contributed by atoms with Gasteiger partial charge in [0.05, 0.1) is 29.2 Å². The molecule has 3 unspecified atom stereocenters. The van der Waals surface area contributed by atoms with E-state index in [-0.39, 0.29) is 34.4 Å². The molecule has 2 aromatic carbocycles. The molecule has 3 N–H and O–H groups in total. The number of para-hydroxylation sites is 1. The minimum atomic E-state index is -0.764. The van der Waals surface area contributed by atoms with Crippen molar-refractivity contribution < 1.29 is 19.5 Å². The van der Waals surface area contributed by atoms with Gasteiger partial charge in [-0.3, -0.25) is 14.4 Å². The topological polar surface area (TPSA) is 98.7 Å². The molecule has 2 aromatic rings. The molecule has 3 saturated heterocycles. The molecule has 2 bridgehead atoms. The Morgan fingerprint density at radius 1 is 1.14 bits per heavy atom. The Kier molecular flexibility index (Phi) is 7.16. The molecular formula is C27H30BrN3O4S. The number of benzene rings is 2. The number of hydrogen-bond acceptors (Lipinski definition) is 5. The number of hydrogen-bond donors (Lipinski definition) is 3. The molecular weight excluding hydrogens is 542 g/mol. The number of fused-ring (bicyclic) bond motifs is 1. The van der Waals surface area contributed by atoms with E-state index in [0.717, 1.165) is 5.56 Å². The Balaban J connectivity index is 1.48. The number of aliphatic hydroxyl groups is 1. The van der Waals surface area contributed by atoms with Gasteiger partial charge in [0.2, 0.25) is 17.7 Å². The van der Waals surface area contributed by atoms with Crippen molar-refractivity contribution in [2.45, 2.75) is 53.2 Å². The summed E-state index contributed by atoms with van der Waals surface area (Å²) in [6.07, 6.45) is 1.12. The Morgan fingerprint density at radius 3 is 2.44 bits per heavy atom. The maximum Gasteiger partial charge on any atom is 0.244 e. The molecule has 9 heteroatoms. The third-order valence-corrected chi connectivity index (χ3v) is 10.9. The Morgan fingerprint density at radius 2 is 1.81 bits per heavy atom. The highest BCUT2D eigenvalue weighted by Crippen LogP contribution is 2.68. The number of halogens is 1. The molecule has 36 heavy (non-hydrogen) atoms. The summed E-state index contributed by atoms with van der Waals surface area (Å²) in [5, 5.41) is 16.0. The monoisotopic (exact) mass is 571 g/mol. The molecule has 3 heterocycles. The molecule has 3 fully saturated rings. The lowest BCUT2D eigenvalue weighted by Gasteiger charge is -2.37. The maximum absolute atomic E-state index is 14.0. The zero-order valence-electron chi connectivity index (χ0n) is 20.0. The second-order valence-corrected chi connectivity index (χ2v) is 12.4. The molecule has 0 radical (unpaired) electrons. The van der Waals surface area contributed by atoms with Gasteiger partial charge < -0.3 is 20.6 Å². The summed E-state index contributed by atoms with van der Waals surface area (Å²) in [4.78, 5) is 43.0. The third kappa shape index (κ3) is 4.15. The molecule has 7 atom stereocenters. The average Bonchev–Trinajstić information content (AvgIpc) is 3.48. The lowest BCUT2D eigenvalue weighted by molar-refractivity contribution is -0.142. The van der Waals surface area contributed by atoms with Crippen LogP contribution in [0.25, 0.3) is 0 Å². The molecule has 0 aliphatic carbocycles. The van der Waals surface area contributed by atoms with E-state index >= 15 is 0 Å². The van der Waals surface area contributed by atoms with Gasteiger partial charge in [0.25, 0.3) is 0 Å². The number of carbonyl (C=O) groups excluding carboxylic acids is 3. The van der Waals surface area contributed by atoms with Gasteiger partial charge in [-0.15, -0.1) is 11.8 Å². The number of nitrogens with one attached hydrogen (secondary N) is 2. The van der Waals surface area contributed by atoms with Gasteiger partial charge in [-0.1, -0.05) is 71.4 Å². The summed E-state index contributed by atoms with van der Waals surface area (Å²) >= 11 is 5.37. The first-order valence-corrected chi connectivity index (χ1v) is 14.1. The van der Waals surface area contributed by atoms with Gasteiger partial charge >= 0.3 is 0 Å². The van der Waals surface area contributed by atoms with Crippen molar-refractivity contribution >= 4 is 51.1 Å². The summed E-state index contributed by atoms with van der Waals surface area (Å²) in [5.41, 5.74) is 1.64. The summed E-state index contributed by atoms with van der Waals surface area (Å²) in [5.74, 6) is -1.85. The van der Waals surface area contributed by atoms with Crippen LogP contribution in [0.5, 0.6) is 0 Å². The molecule has 190 valence electrons. The minimum absolute atomic E-state index is 0.00310. The van der Waals surface area contributed by atoms with Gasteiger partial charge in [0, 0.05) is 22.3 Å². The Bertz CT molecular complexity index is 1130. The Labute approximate surface area is 223 Å². The lowest BCUT2D eigenvalue weighted by Crippen LogP contribution is -2.56. The van der Waals surface area contributed by atoms with E-state index in [1.54, 1.807) is 16.7 Å². The molecule has 3 amide bonds. The number of thioether (sulfide) groups is 1. The standard InChI is InChI=1S/C27H30BrN3O4S/c1-2-18(15-32)31-23(25(34)29-14-16-9-5-3-6-10-16)27-13-19(28)22(36-27)20(21(27)26(31)35)24(33)30-17-11-7-4-8-12-17/h3-12,18-23,32H,2,13-15H2,1H3,(H,29,34)(H,30,33)/t18-,19?,20-,21-,22-,23?,27?/m0/s1. The van der Waals surface area contributed by atoms with Crippen molar-refractivity contribution in [3.63, 3.8) is 0 Å². The summed E-state index contributed by atoms with van der Waals surface area (Å²) < 4.78 is -0.738. The fourth-order valence-electron chi connectivity index (χ4n) is 6.10. The maximum atomic E-state index is 14.0. The van der Waals surface area contributed by atoms with Crippen LogP contribution in [0.2, 0.25) is 0 Å². The normalized spacial score (nSPS) is 31.2. The SMILES string of the molecule is CC[C@@H](CO)N1C(=O)[C@@H]2[C@H](C(=O)Nc3ccccc3)[C@H]3SC2(CC3Br)C1C(=O)NCc1ccccc1. The molecule has 0 aromatic heterocycles. The van der Waals surface area contributed by atoms with Crippen LogP contribution >= 0.6 is 27.7 Å².